The molecular formula is C20H16ClF3N4O2S2. The maximum Gasteiger partial charge on any atom is 0.416 e. The predicted molar refractivity (Wildman–Crippen MR) is 118 cm³/mol. The van der Waals surface area contributed by atoms with Crippen molar-refractivity contribution >= 4 is 56.9 Å². The maximum absolute atomic E-state index is 12.9. The average molecular weight is 501 g/mol. The Bertz CT molecular complexity index is 1150. The van der Waals surface area contributed by atoms with Crippen molar-refractivity contribution in [2.24, 2.45) is 0 Å². The number of benzene rings is 1. The van der Waals surface area contributed by atoms with Crippen LogP contribution in [0.4, 0.5) is 24.0 Å². The van der Waals surface area contributed by atoms with E-state index in [0.717, 1.165) is 28.8 Å². The van der Waals surface area contributed by atoms with E-state index in [0.29, 0.717) is 29.5 Å². The molecule has 0 unspecified atom stereocenters. The molecule has 2 N–H and O–H groups in total. The highest BCUT2D eigenvalue weighted by molar-refractivity contribution is 7.16. The van der Waals surface area contributed by atoms with Gasteiger partial charge in [0.25, 0.3) is 5.91 Å². The van der Waals surface area contributed by atoms with Crippen molar-refractivity contribution in [1.82, 2.24) is 9.88 Å². The van der Waals surface area contributed by atoms with Crippen LogP contribution in [0.1, 0.15) is 25.8 Å². The van der Waals surface area contributed by atoms with Gasteiger partial charge in [0.2, 0.25) is 5.91 Å². The van der Waals surface area contributed by atoms with Crippen LogP contribution in [0, 0.1) is 0 Å². The van der Waals surface area contributed by atoms with Crippen molar-refractivity contribution < 1.29 is 22.8 Å². The first-order chi connectivity index (χ1) is 15.2. The number of rotatable bonds is 5. The van der Waals surface area contributed by atoms with Crippen molar-refractivity contribution in [1.29, 1.82) is 0 Å². The van der Waals surface area contributed by atoms with Gasteiger partial charge in [-0.1, -0.05) is 17.7 Å². The van der Waals surface area contributed by atoms with Crippen molar-refractivity contribution in [2.45, 2.75) is 19.1 Å². The van der Waals surface area contributed by atoms with Crippen molar-refractivity contribution in [3.8, 4) is 0 Å². The molecule has 0 aliphatic carbocycles. The monoisotopic (exact) mass is 500 g/mol. The minimum absolute atomic E-state index is 0.0131. The zero-order valence-corrected chi connectivity index (χ0v) is 18.7. The van der Waals surface area contributed by atoms with Gasteiger partial charge in [0.1, 0.15) is 0 Å². The van der Waals surface area contributed by atoms with E-state index in [-0.39, 0.29) is 23.2 Å². The molecule has 1 aromatic carbocycles. The summed E-state index contributed by atoms with van der Waals surface area (Å²) in [4.78, 5) is 32.5. The summed E-state index contributed by atoms with van der Waals surface area (Å²) in [6.07, 6.45) is -3.94. The normalized spacial score (nSPS) is 14.1. The summed E-state index contributed by atoms with van der Waals surface area (Å²) >= 11 is 8.63. The lowest BCUT2D eigenvalue weighted by molar-refractivity contribution is -0.137. The molecule has 0 bridgehead atoms. The number of carbonyl (C=O) groups is 2. The summed E-state index contributed by atoms with van der Waals surface area (Å²) in [7, 11) is 0. The molecule has 1 aliphatic heterocycles. The summed E-state index contributed by atoms with van der Waals surface area (Å²) in [5.74, 6) is -0.689. The molecule has 0 radical (unpaired) electrons. The molecule has 4 rings (SSSR count). The van der Waals surface area contributed by atoms with E-state index in [4.69, 9.17) is 11.6 Å². The highest BCUT2D eigenvalue weighted by Gasteiger charge is 2.31. The Hall–Kier alpha value is -2.47. The van der Waals surface area contributed by atoms with Crippen LogP contribution in [0.25, 0.3) is 0 Å². The van der Waals surface area contributed by atoms with Gasteiger partial charge in [-0.05, 0) is 29.6 Å². The predicted octanol–water partition coefficient (Wildman–Crippen LogP) is 5.13. The number of nitrogens with one attached hydrogen (secondary N) is 2. The van der Waals surface area contributed by atoms with Crippen molar-refractivity contribution in [2.75, 3.05) is 23.7 Å². The first-order valence-electron chi connectivity index (χ1n) is 9.41. The number of halogens is 4. The van der Waals surface area contributed by atoms with Crippen molar-refractivity contribution in [3.63, 3.8) is 0 Å². The number of hydrogen-bond acceptors (Lipinski definition) is 6. The van der Waals surface area contributed by atoms with Crippen LogP contribution < -0.4 is 10.6 Å². The molecule has 3 heterocycles. The Kier molecular flexibility index (Phi) is 6.52. The van der Waals surface area contributed by atoms with Gasteiger partial charge in [0.05, 0.1) is 33.4 Å². The Labute approximate surface area is 194 Å². The Balaban J connectivity index is 1.37. The van der Waals surface area contributed by atoms with E-state index < -0.39 is 17.6 Å². The zero-order chi connectivity index (χ0) is 22.9. The van der Waals surface area contributed by atoms with Gasteiger partial charge in [0, 0.05) is 24.4 Å². The van der Waals surface area contributed by atoms with E-state index in [1.165, 1.54) is 22.7 Å². The topological polar surface area (TPSA) is 74.3 Å². The molecule has 32 heavy (non-hydrogen) atoms. The third kappa shape index (κ3) is 5.29. The molecule has 0 saturated heterocycles. The lowest BCUT2D eigenvalue weighted by Crippen LogP contribution is -2.36. The first-order valence-corrected chi connectivity index (χ1v) is 11.5. The number of aromatic nitrogens is 1. The quantitative estimate of drug-likeness (QED) is 0.509. The van der Waals surface area contributed by atoms with Gasteiger partial charge in [-0.2, -0.15) is 13.2 Å². The summed E-state index contributed by atoms with van der Waals surface area (Å²) in [6.45, 7) is 0.991. The van der Waals surface area contributed by atoms with Crippen LogP contribution in [-0.4, -0.2) is 34.8 Å². The van der Waals surface area contributed by atoms with E-state index in [2.05, 4.69) is 15.6 Å². The lowest BCUT2D eigenvalue weighted by atomic mass is 10.1. The molecule has 2 aromatic heterocycles. The molecule has 6 nitrogen and oxygen atoms in total. The average Bonchev–Trinajstić information content (AvgIpc) is 3.38. The number of thiazole rings is 1. The van der Waals surface area contributed by atoms with E-state index >= 15 is 0 Å². The van der Waals surface area contributed by atoms with Crippen LogP contribution in [-0.2, 0) is 23.9 Å². The third-order valence-electron chi connectivity index (χ3n) is 4.71. The first kappa shape index (κ1) is 22.7. The third-order valence-corrected chi connectivity index (χ3v) is 6.91. The Morgan fingerprint density at radius 2 is 2.03 bits per heavy atom. The van der Waals surface area contributed by atoms with Crippen LogP contribution in [0.3, 0.4) is 0 Å². The number of alkyl halides is 3. The fourth-order valence-corrected chi connectivity index (χ4v) is 5.02. The molecule has 0 atom stereocenters. The van der Waals surface area contributed by atoms with Gasteiger partial charge in [0.15, 0.2) is 5.13 Å². The maximum atomic E-state index is 12.9. The van der Waals surface area contributed by atoms with E-state index in [1.807, 2.05) is 10.3 Å². The lowest BCUT2D eigenvalue weighted by Gasteiger charge is -2.25. The number of anilines is 2. The van der Waals surface area contributed by atoms with Gasteiger partial charge >= 0.3 is 6.18 Å². The number of nitrogens with zero attached hydrogens (tertiary/aromatic N) is 2. The van der Waals surface area contributed by atoms with Gasteiger partial charge in [-0.25, -0.2) is 4.98 Å². The SMILES string of the molecule is O=C(CN1CCc2nc(NC(=O)c3cccs3)sc2C1)Nc1cc(C(F)(F)F)ccc1Cl. The standard InChI is InChI=1S/C20H16ClF3N4O2S2/c21-12-4-3-11(20(22,23)24)8-14(12)25-17(29)10-28-6-5-13-16(9-28)32-19(26-13)27-18(30)15-2-1-7-31-15/h1-4,7-8H,5-6,9-10H2,(H,25,29)(H,26,27,30). The Morgan fingerprint density at radius 1 is 1.22 bits per heavy atom. The Morgan fingerprint density at radius 3 is 2.75 bits per heavy atom. The minimum atomic E-state index is -4.53. The minimum Gasteiger partial charge on any atom is -0.324 e. The largest absolute Gasteiger partial charge is 0.416 e. The van der Waals surface area contributed by atoms with Crippen LogP contribution in [0.2, 0.25) is 5.02 Å². The van der Waals surface area contributed by atoms with E-state index in [9.17, 15) is 22.8 Å². The molecule has 0 fully saturated rings. The van der Waals surface area contributed by atoms with Crippen molar-refractivity contribution in [3.05, 3.63) is 61.7 Å². The number of thiophene rings is 1. The second-order valence-corrected chi connectivity index (χ2v) is 9.46. The van der Waals surface area contributed by atoms with Gasteiger partial charge in [-0.3, -0.25) is 19.8 Å². The summed E-state index contributed by atoms with van der Waals surface area (Å²) in [5.41, 5.74) is -0.101. The molecule has 0 saturated carbocycles. The van der Waals surface area contributed by atoms with E-state index in [1.54, 1.807) is 12.1 Å². The number of hydrogen-bond donors (Lipinski definition) is 2. The smallest absolute Gasteiger partial charge is 0.324 e. The van der Waals surface area contributed by atoms with Crippen LogP contribution in [0.15, 0.2) is 35.7 Å². The molecule has 168 valence electrons. The zero-order valence-electron chi connectivity index (χ0n) is 16.3. The van der Waals surface area contributed by atoms with Gasteiger partial charge < -0.3 is 5.32 Å². The van der Waals surface area contributed by atoms with Crippen LogP contribution in [0.5, 0.6) is 0 Å². The number of carbonyl (C=O) groups excluding carboxylic acids is 2. The summed E-state index contributed by atoms with van der Waals surface area (Å²) in [5, 5.41) is 7.59. The molecular weight excluding hydrogens is 485 g/mol. The fourth-order valence-electron chi connectivity index (χ4n) is 3.19. The summed E-state index contributed by atoms with van der Waals surface area (Å²) < 4.78 is 38.8. The highest BCUT2D eigenvalue weighted by atomic mass is 35.5. The number of amides is 2. The second kappa shape index (κ2) is 9.18. The second-order valence-electron chi connectivity index (χ2n) is 7.02. The molecule has 2 amide bonds. The van der Waals surface area contributed by atoms with Crippen LogP contribution >= 0.6 is 34.3 Å². The molecule has 1 aliphatic rings. The highest BCUT2D eigenvalue weighted by Crippen LogP contribution is 2.34. The molecule has 3 aromatic rings. The summed E-state index contributed by atoms with van der Waals surface area (Å²) in [6, 6.07) is 6.31. The molecule has 0 spiro atoms. The van der Waals surface area contributed by atoms with Gasteiger partial charge in [-0.15, -0.1) is 22.7 Å². The fraction of sp³-hybridized carbons (Fsp3) is 0.250. The number of fused-ring (bicyclic) bond motifs is 1. The molecule has 12 heteroatoms.